The fourth-order valence-electron chi connectivity index (χ4n) is 7.14. The summed E-state index contributed by atoms with van der Waals surface area (Å²) in [4.78, 5) is 36.9. The first kappa shape index (κ1) is 42.9. The van der Waals surface area contributed by atoms with Gasteiger partial charge in [-0.05, 0) is 71.2 Å². The lowest BCUT2D eigenvalue weighted by Gasteiger charge is -2.44. The van der Waals surface area contributed by atoms with E-state index in [1.807, 2.05) is 84.9 Å². The number of carbonyl (C=O) groups excluding carboxylic acids is 1. The summed E-state index contributed by atoms with van der Waals surface area (Å²) in [6.07, 6.45) is -0.809. The molecule has 0 spiro atoms. The van der Waals surface area contributed by atoms with Gasteiger partial charge in [-0.1, -0.05) is 93.6 Å². The van der Waals surface area contributed by atoms with Crippen molar-refractivity contribution in [3.8, 4) is 11.5 Å². The summed E-state index contributed by atoms with van der Waals surface area (Å²) in [5, 5.41) is 2.61. The molecule has 1 aliphatic rings. The molecule has 14 nitrogen and oxygen atoms in total. The van der Waals surface area contributed by atoms with Crippen LogP contribution >= 0.6 is 8.25 Å². The molecule has 1 amide bonds. The summed E-state index contributed by atoms with van der Waals surface area (Å²) in [5.41, 5.74) is 2.14. The molecular formula is C44H50N5O9PSi. The normalized spacial score (nSPS) is 18.9. The van der Waals surface area contributed by atoms with Gasteiger partial charge >= 0.3 is 8.25 Å². The van der Waals surface area contributed by atoms with Gasteiger partial charge in [0.15, 0.2) is 31.5 Å². The van der Waals surface area contributed by atoms with Crippen LogP contribution in [0.5, 0.6) is 11.5 Å². The summed E-state index contributed by atoms with van der Waals surface area (Å²) in [7, 11) is -2.86. The number of imidazole rings is 1. The standard InChI is InChI=1S/C44H50N5O9PSi/c1-43(2,3)60(6,7)58-38-37(57-44(30-16-12-9-13-17-30,31-18-22-33(53-4)23-19-31)32-20-24-34(54-5)25-21-32)35(26-55-59(51)52)56-42(38)49-28-47-36-39(45-27-46-40(36)49)48-41(50)29-14-10-8-11-15-29/h8-25,27-28,35,37-38,42,59H,26H2,1-7H3,(H,51,52)(H,45,46,48,50)/t35-,37?,38?,42-/m1/s1. The Balaban J connectivity index is 1.42. The molecule has 0 saturated carbocycles. The van der Waals surface area contributed by atoms with E-state index in [4.69, 9.17) is 27.9 Å². The van der Waals surface area contributed by atoms with Gasteiger partial charge in [-0.25, -0.2) is 15.0 Å². The van der Waals surface area contributed by atoms with Crippen molar-refractivity contribution >= 4 is 39.5 Å². The highest BCUT2D eigenvalue weighted by Gasteiger charge is 2.55. The molecule has 3 heterocycles. The first-order chi connectivity index (χ1) is 28.8. The second kappa shape index (κ2) is 17.8. The smallest absolute Gasteiger partial charge is 0.316 e. The number of nitrogens with one attached hydrogen (secondary N) is 1. The van der Waals surface area contributed by atoms with Crippen LogP contribution in [-0.4, -0.2) is 77.8 Å². The number of carbonyl (C=O) groups is 1. The number of hydrogen-bond acceptors (Lipinski definition) is 11. The molecule has 16 heteroatoms. The maximum Gasteiger partial charge on any atom is 0.316 e. The quantitative estimate of drug-likeness (QED) is 0.0580. The molecule has 5 atom stereocenters. The maximum absolute atomic E-state index is 13.3. The number of anilines is 1. The van der Waals surface area contributed by atoms with Gasteiger partial charge in [0.05, 0.1) is 27.2 Å². The minimum absolute atomic E-state index is 0.209. The Labute approximate surface area is 350 Å². The van der Waals surface area contributed by atoms with Crippen LogP contribution in [0.1, 0.15) is 54.0 Å². The molecule has 2 N–H and O–H groups in total. The molecular weight excluding hydrogens is 802 g/mol. The lowest BCUT2D eigenvalue weighted by molar-refractivity contribution is -0.108. The Morgan fingerprint density at radius 3 is 1.93 bits per heavy atom. The Morgan fingerprint density at radius 2 is 1.38 bits per heavy atom. The third kappa shape index (κ3) is 8.65. The van der Waals surface area contributed by atoms with Gasteiger partial charge in [-0.15, -0.1) is 0 Å². The van der Waals surface area contributed by atoms with Gasteiger partial charge in [0.1, 0.15) is 41.7 Å². The van der Waals surface area contributed by atoms with Crippen molar-refractivity contribution < 1.29 is 42.2 Å². The third-order valence-electron chi connectivity index (χ3n) is 11.3. The Hall–Kier alpha value is -5.25. The van der Waals surface area contributed by atoms with E-state index in [9.17, 15) is 14.3 Å². The van der Waals surface area contributed by atoms with Crippen molar-refractivity contribution in [3.63, 3.8) is 0 Å². The highest BCUT2D eigenvalue weighted by molar-refractivity contribution is 7.32. The largest absolute Gasteiger partial charge is 0.497 e. The molecule has 0 radical (unpaired) electrons. The molecule has 2 aromatic heterocycles. The zero-order chi connectivity index (χ0) is 42.7. The molecule has 0 aliphatic carbocycles. The molecule has 1 aliphatic heterocycles. The molecule has 0 bridgehead atoms. The molecule has 1 saturated heterocycles. The van der Waals surface area contributed by atoms with E-state index in [-0.39, 0.29) is 23.4 Å². The molecule has 4 aromatic carbocycles. The number of benzene rings is 4. The minimum Gasteiger partial charge on any atom is -0.497 e. The van der Waals surface area contributed by atoms with Crippen molar-refractivity contribution in [1.29, 1.82) is 0 Å². The zero-order valence-corrected chi connectivity index (χ0v) is 36.6. The minimum atomic E-state index is -3.40. The number of aromatic nitrogens is 4. The van der Waals surface area contributed by atoms with Gasteiger partial charge in [0.2, 0.25) is 0 Å². The molecule has 3 unspecified atom stereocenters. The SMILES string of the molecule is COc1ccc(C(OC2C(O[Si](C)(C)C(C)(C)C)[C@H](n3cnc4c(NC(=O)c5ccccc5)ncnc43)O[C@@H]2CO[PH](=O)O)(c2ccccc2)c2ccc(OC)cc2)cc1. The number of fused-ring (bicyclic) bond motifs is 1. The molecule has 314 valence electrons. The van der Waals surface area contributed by atoms with Gasteiger partial charge in [-0.2, -0.15) is 0 Å². The number of nitrogens with zero attached hydrogens (tertiary/aromatic N) is 4. The van der Waals surface area contributed by atoms with Crippen LogP contribution in [-0.2, 0) is 28.6 Å². The molecule has 7 rings (SSSR count). The van der Waals surface area contributed by atoms with Crippen LogP contribution in [0.4, 0.5) is 5.82 Å². The van der Waals surface area contributed by atoms with E-state index in [0.29, 0.717) is 28.2 Å². The van der Waals surface area contributed by atoms with Crippen LogP contribution in [0, 0.1) is 0 Å². The first-order valence-electron chi connectivity index (χ1n) is 19.5. The fourth-order valence-corrected chi connectivity index (χ4v) is 8.73. The second-order valence-corrected chi connectivity index (χ2v) is 21.5. The van der Waals surface area contributed by atoms with E-state index in [1.54, 1.807) is 49.4 Å². The van der Waals surface area contributed by atoms with E-state index in [0.717, 1.165) is 16.7 Å². The number of ether oxygens (including phenoxy) is 4. The highest BCUT2D eigenvalue weighted by Crippen LogP contribution is 2.49. The number of rotatable bonds is 15. The molecule has 6 aromatic rings. The summed E-state index contributed by atoms with van der Waals surface area (Å²) in [5.74, 6) is 1.17. The molecule has 60 heavy (non-hydrogen) atoms. The highest BCUT2D eigenvalue weighted by atomic mass is 31.1. The van der Waals surface area contributed by atoms with Crippen LogP contribution < -0.4 is 14.8 Å². The Morgan fingerprint density at radius 1 is 0.817 bits per heavy atom. The lowest BCUT2D eigenvalue weighted by Crippen LogP contribution is -2.51. The van der Waals surface area contributed by atoms with Crippen LogP contribution in [0.15, 0.2) is 122 Å². The van der Waals surface area contributed by atoms with Gasteiger partial charge in [-0.3, -0.25) is 13.9 Å². The van der Waals surface area contributed by atoms with E-state index in [2.05, 4.69) is 54.1 Å². The topological polar surface area (TPSA) is 165 Å². The van der Waals surface area contributed by atoms with Crippen LogP contribution in [0.2, 0.25) is 18.1 Å². The fraction of sp³-hybridized carbons (Fsp3) is 0.318. The van der Waals surface area contributed by atoms with Gasteiger partial charge in [0, 0.05) is 5.56 Å². The van der Waals surface area contributed by atoms with Crippen LogP contribution in [0.3, 0.4) is 0 Å². The van der Waals surface area contributed by atoms with E-state index >= 15 is 0 Å². The summed E-state index contributed by atoms with van der Waals surface area (Å²) >= 11 is 0. The maximum atomic E-state index is 13.3. The summed E-state index contributed by atoms with van der Waals surface area (Å²) in [6.45, 7) is 10.4. The van der Waals surface area contributed by atoms with Crippen molar-refractivity contribution in [1.82, 2.24) is 19.5 Å². The van der Waals surface area contributed by atoms with E-state index in [1.165, 1.54) is 6.33 Å². The second-order valence-electron chi connectivity index (χ2n) is 15.9. The Kier molecular flexibility index (Phi) is 12.7. The Bertz CT molecular complexity index is 2370. The van der Waals surface area contributed by atoms with Crippen molar-refractivity contribution in [2.75, 3.05) is 26.1 Å². The van der Waals surface area contributed by atoms with Gasteiger partial charge < -0.3 is 38.1 Å². The van der Waals surface area contributed by atoms with Crippen molar-refractivity contribution in [3.05, 3.63) is 144 Å². The monoisotopic (exact) mass is 851 g/mol. The lowest BCUT2D eigenvalue weighted by atomic mass is 9.79. The van der Waals surface area contributed by atoms with Crippen molar-refractivity contribution in [2.24, 2.45) is 0 Å². The first-order valence-corrected chi connectivity index (χ1v) is 23.7. The summed E-state index contributed by atoms with van der Waals surface area (Å²) in [6, 6.07) is 33.9. The zero-order valence-electron chi connectivity index (χ0n) is 34.6. The number of hydrogen-bond donors (Lipinski definition) is 2. The molecule has 1 fully saturated rings. The van der Waals surface area contributed by atoms with Crippen molar-refractivity contribution in [2.45, 2.75) is 69.0 Å². The van der Waals surface area contributed by atoms with Gasteiger partial charge in [0.25, 0.3) is 5.91 Å². The average molecular weight is 852 g/mol. The third-order valence-corrected chi connectivity index (χ3v) is 16.2. The predicted octanol–water partition coefficient (Wildman–Crippen LogP) is 8.16. The van der Waals surface area contributed by atoms with E-state index < -0.39 is 46.7 Å². The number of amides is 1. The van der Waals surface area contributed by atoms with Crippen LogP contribution in [0.25, 0.3) is 11.2 Å². The average Bonchev–Trinajstić information content (AvgIpc) is 3.83. The predicted molar refractivity (Wildman–Crippen MR) is 230 cm³/mol. The number of methoxy groups -OCH3 is 2. The summed E-state index contributed by atoms with van der Waals surface area (Å²) < 4.78 is 52.6.